The first-order valence-corrected chi connectivity index (χ1v) is 9.64. The summed E-state index contributed by atoms with van der Waals surface area (Å²) in [5, 5.41) is 18.6. The van der Waals surface area contributed by atoms with Gasteiger partial charge in [-0.2, -0.15) is 0 Å². The highest BCUT2D eigenvalue weighted by molar-refractivity contribution is 5.94. The molecular formula is C20H32N4O3. The van der Waals surface area contributed by atoms with Crippen LogP contribution in [0.5, 0.6) is 0 Å². The van der Waals surface area contributed by atoms with E-state index in [1.807, 2.05) is 31.2 Å². The van der Waals surface area contributed by atoms with Crippen LogP contribution in [0, 0.1) is 5.41 Å². The number of benzene rings is 1. The first kappa shape index (κ1) is 21.2. The fourth-order valence-corrected chi connectivity index (χ4v) is 3.21. The number of aliphatic hydroxyl groups excluding tert-OH is 1. The van der Waals surface area contributed by atoms with Gasteiger partial charge in [0, 0.05) is 44.3 Å². The van der Waals surface area contributed by atoms with E-state index in [2.05, 4.69) is 16.0 Å². The van der Waals surface area contributed by atoms with Gasteiger partial charge in [0.1, 0.15) is 0 Å². The van der Waals surface area contributed by atoms with Gasteiger partial charge in [0.2, 0.25) is 0 Å². The number of hydrogen-bond donors (Lipinski definition) is 4. The predicted molar refractivity (Wildman–Crippen MR) is 107 cm³/mol. The smallest absolute Gasteiger partial charge is 0.251 e. The molecule has 1 atom stereocenters. The Hall–Kier alpha value is -2.12. The minimum Gasteiger partial charge on any atom is -0.396 e. The molecule has 2 rings (SSSR count). The minimum absolute atomic E-state index is 0.0566. The number of aliphatic imine (C=N–C) groups is 1. The summed E-state index contributed by atoms with van der Waals surface area (Å²) in [6, 6.07) is 7.64. The molecule has 0 aromatic heterocycles. The van der Waals surface area contributed by atoms with Gasteiger partial charge in [-0.25, -0.2) is 0 Å². The van der Waals surface area contributed by atoms with Crippen LogP contribution in [0.4, 0.5) is 0 Å². The number of nitrogens with zero attached hydrogens (tertiary/aromatic N) is 1. The van der Waals surface area contributed by atoms with Crippen molar-refractivity contribution in [2.75, 3.05) is 46.5 Å². The molecule has 1 aromatic carbocycles. The van der Waals surface area contributed by atoms with Crippen LogP contribution in [0.3, 0.4) is 0 Å². The molecule has 7 nitrogen and oxygen atoms in total. The van der Waals surface area contributed by atoms with Crippen molar-refractivity contribution in [3.05, 3.63) is 35.4 Å². The molecule has 1 aromatic rings. The Morgan fingerprint density at radius 1 is 1.37 bits per heavy atom. The van der Waals surface area contributed by atoms with E-state index in [1.165, 1.54) is 0 Å². The molecule has 1 saturated heterocycles. The van der Waals surface area contributed by atoms with E-state index in [9.17, 15) is 9.90 Å². The first-order chi connectivity index (χ1) is 13.1. The van der Waals surface area contributed by atoms with Crippen molar-refractivity contribution in [3.8, 4) is 0 Å². The Bertz CT molecular complexity index is 627. The van der Waals surface area contributed by atoms with E-state index < -0.39 is 0 Å². The molecule has 1 aliphatic rings. The maximum atomic E-state index is 11.7. The van der Waals surface area contributed by atoms with Gasteiger partial charge in [0.15, 0.2) is 5.96 Å². The molecule has 7 heteroatoms. The van der Waals surface area contributed by atoms with Gasteiger partial charge in [0.25, 0.3) is 5.91 Å². The van der Waals surface area contributed by atoms with Crippen LogP contribution in [0.25, 0.3) is 0 Å². The molecule has 1 amide bonds. The zero-order valence-corrected chi connectivity index (χ0v) is 16.4. The van der Waals surface area contributed by atoms with Crippen LogP contribution < -0.4 is 16.0 Å². The molecule has 1 aliphatic heterocycles. The number of amides is 1. The molecule has 27 heavy (non-hydrogen) atoms. The van der Waals surface area contributed by atoms with Crippen molar-refractivity contribution in [2.24, 2.45) is 10.4 Å². The molecule has 1 heterocycles. The molecular weight excluding hydrogens is 344 g/mol. The van der Waals surface area contributed by atoms with E-state index >= 15 is 0 Å². The summed E-state index contributed by atoms with van der Waals surface area (Å²) >= 11 is 0. The van der Waals surface area contributed by atoms with Gasteiger partial charge in [-0.1, -0.05) is 12.1 Å². The monoisotopic (exact) mass is 376 g/mol. The van der Waals surface area contributed by atoms with Gasteiger partial charge in [-0.05, 0) is 43.9 Å². The highest BCUT2D eigenvalue weighted by Gasteiger charge is 2.34. The predicted octanol–water partition coefficient (Wildman–Crippen LogP) is 0.933. The van der Waals surface area contributed by atoms with Crippen LogP contribution >= 0.6 is 0 Å². The zero-order chi connectivity index (χ0) is 19.5. The number of carbonyl (C=O) groups excluding carboxylic acids is 1. The second-order valence-electron chi connectivity index (χ2n) is 6.93. The molecule has 1 unspecified atom stereocenters. The van der Waals surface area contributed by atoms with Crippen molar-refractivity contribution < 1.29 is 14.6 Å². The van der Waals surface area contributed by atoms with Gasteiger partial charge in [-0.15, -0.1) is 0 Å². The van der Waals surface area contributed by atoms with Crippen LogP contribution in [-0.4, -0.2) is 63.5 Å². The first-order valence-electron chi connectivity index (χ1n) is 9.64. The quantitative estimate of drug-likeness (QED) is 0.380. The van der Waals surface area contributed by atoms with Crippen LogP contribution in [-0.2, 0) is 11.2 Å². The average Bonchev–Trinajstić information content (AvgIpc) is 3.15. The topological polar surface area (TPSA) is 95.0 Å². The minimum atomic E-state index is -0.0762. The molecule has 0 bridgehead atoms. The van der Waals surface area contributed by atoms with Crippen molar-refractivity contribution in [1.29, 1.82) is 0 Å². The van der Waals surface area contributed by atoms with Crippen molar-refractivity contribution >= 4 is 11.9 Å². The van der Waals surface area contributed by atoms with Crippen LogP contribution in [0.2, 0.25) is 0 Å². The highest BCUT2D eigenvalue weighted by Crippen LogP contribution is 2.32. The Balaban J connectivity index is 1.91. The van der Waals surface area contributed by atoms with Gasteiger partial charge >= 0.3 is 0 Å². The summed E-state index contributed by atoms with van der Waals surface area (Å²) in [6.07, 6.45) is 2.44. The number of carbonyl (C=O) groups is 1. The van der Waals surface area contributed by atoms with E-state index in [0.717, 1.165) is 37.5 Å². The van der Waals surface area contributed by atoms with E-state index in [0.29, 0.717) is 31.7 Å². The summed E-state index contributed by atoms with van der Waals surface area (Å²) in [4.78, 5) is 16.5. The lowest BCUT2D eigenvalue weighted by Gasteiger charge is -2.24. The summed E-state index contributed by atoms with van der Waals surface area (Å²) in [6.45, 7) is 5.71. The number of hydrogen-bond acceptors (Lipinski definition) is 4. The molecule has 0 saturated carbocycles. The zero-order valence-electron chi connectivity index (χ0n) is 16.4. The largest absolute Gasteiger partial charge is 0.396 e. The number of rotatable bonds is 9. The standard InChI is InChI=1S/C20H32N4O3/c1-3-22-19(24-14-20(8-11-25)9-12-27-15-20)23-10-7-16-5-4-6-17(13-16)18(26)21-2/h4-6,13,25H,3,7-12,14-15H2,1-2H3,(H,21,26)(H2,22,23,24). The number of guanidine groups is 1. The Kier molecular flexibility index (Phi) is 8.54. The third-order valence-electron chi connectivity index (χ3n) is 4.87. The molecule has 0 radical (unpaired) electrons. The van der Waals surface area contributed by atoms with Gasteiger partial charge in [0.05, 0.1) is 13.2 Å². The average molecular weight is 377 g/mol. The molecule has 0 aliphatic carbocycles. The van der Waals surface area contributed by atoms with Crippen molar-refractivity contribution in [1.82, 2.24) is 16.0 Å². The summed E-state index contributed by atoms with van der Waals surface area (Å²) in [7, 11) is 1.63. The van der Waals surface area contributed by atoms with Crippen LogP contribution in [0.15, 0.2) is 29.3 Å². The lowest BCUT2D eigenvalue weighted by atomic mass is 9.84. The summed E-state index contributed by atoms with van der Waals surface area (Å²) < 4.78 is 5.53. The number of ether oxygens (including phenoxy) is 1. The second kappa shape index (κ2) is 10.9. The Morgan fingerprint density at radius 2 is 2.22 bits per heavy atom. The maximum absolute atomic E-state index is 11.7. The van der Waals surface area contributed by atoms with Crippen molar-refractivity contribution in [3.63, 3.8) is 0 Å². The molecule has 150 valence electrons. The molecule has 1 fully saturated rings. The third kappa shape index (κ3) is 6.52. The summed E-state index contributed by atoms with van der Waals surface area (Å²) in [5.41, 5.74) is 1.71. The second-order valence-corrected chi connectivity index (χ2v) is 6.93. The molecule has 0 spiro atoms. The normalized spacial score (nSPS) is 19.7. The molecule has 4 N–H and O–H groups in total. The lowest BCUT2D eigenvalue weighted by molar-refractivity contribution is 0.0963. The lowest BCUT2D eigenvalue weighted by Crippen LogP contribution is -2.39. The SMILES string of the molecule is CCNC(=NCC1(CCO)CCOC1)NCCc1cccc(C(=O)NC)c1. The number of nitrogens with one attached hydrogen (secondary N) is 3. The summed E-state index contributed by atoms with van der Waals surface area (Å²) in [5.74, 6) is 0.692. The fraction of sp³-hybridized carbons (Fsp3) is 0.600. The van der Waals surface area contributed by atoms with Gasteiger partial charge in [-0.3, -0.25) is 9.79 Å². The fourth-order valence-electron chi connectivity index (χ4n) is 3.21. The van der Waals surface area contributed by atoms with E-state index in [-0.39, 0.29) is 17.9 Å². The van der Waals surface area contributed by atoms with E-state index in [4.69, 9.17) is 9.73 Å². The van der Waals surface area contributed by atoms with Gasteiger partial charge < -0.3 is 25.8 Å². The Labute approximate surface area is 161 Å². The maximum Gasteiger partial charge on any atom is 0.251 e. The van der Waals surface area contributed by atoms with Crippen molar-refractivity contribution in [2.45, 2.75) is 26.2 Å². The van der Waals surface area contributed by atoms with Crippen LogP contribution in [0.1, 0.15) is 35.7 Å². The van der Waals surface area contributed by atoms with E-state index in [1.54, 1.807) is 7.05 Å². The Morgan fingerprint density at radius 3 is 2.89 bits per heavy atom. The highest BCUT2D eigenvalue weighted by atomic mass is 16.5. The third-order valence-corrected chi connectivity index (χ3v) is 4.87. The number of aliphatic hydroxyl groups is 1.